The van der Waals surface area contributed by atoms with Crippen LogP contribution in [0.15, 0.2) is 53.1 Å². The SMILES string of the molecule is COc1ccc(Nc2ccccc2C(=O)N[C@H](C)c2nc(C)no2)cc1. The molecule has 1 heterocycles. The molecule has 0 saturated heterocycles. The fraction of sp³-hybridized carbons (Fsp3) is 0.211. The van der Waals surface area contributed by atoms with Crippen LogP contribution in [-0.2, 0) is 0 Å². The Kier molecular flexibility index (Phi) is 5.17. The van der Waals surface area contributed by atoms with Crippen LogP contribution in [0.1, 0.15) is 35.0 Å². The normalized spacial score (nSPS) is 11.7. The number of methoxy groups -OCH3 is 1. The molecule has 1 atom stereocenters. The van der Waals surface area contributed by atoms with Crippen LogP contribution in [0, 0.1) is 6.92 Å². The summed E-state index contributed by atoms with van der Waals surface area (Å²) in [5.74, 6) is 1.44. The molecule has 2 N–H and O–H groups in total. The van der Waals surface area contributed by atoms with Crippen molar-refractivity contribution >= 4 is 17.3 Å². The number of hydrogen-bond acceptors (Lipinski definition) is 6. The van der Waals surface area contributed by atoms with Crippen LogP contribution >= 0.6 is 0 Å². The minimum atomic E-state index is -0.391. The summed E-state index contributed by atoms with van der Waals surface area (Å²) in [6.07, 6.45) is 0. The Morgan fingerprint density at radius 3 is 2.54 bits per heavy atom. The molecule has 0 aliphatic rings. The molecule has 0 spiro atoms. The molecule has 1 amide bonds. The topological polar surface area (TPSA) is 89.3 Å². The minimum Gasteiger partial charge on any atom is -0.497 e. The molecule has 0 aliphatic heterocycles. The van der Waals surface area contributed by atoms with Gasteiger partial charge in [-0.1, -0.05) is 17.3 Å². The molecule has 0 bridgehead atoms. The highest BCUT2D eigenvalue weighted by Crippen LogP contribution is 2.23. The molecular weight excluding hydrogens is 332 g/mol. The van der Waals surface area contributed by atoms with Gasteiger partial charge in [-0.2, -0.15) is 4.98 Å². The Morgan fingerprint density at radius 1 is 1.15 bits per heavy atom. The maximum Gasteiger partial charge on any atom is 0.254 e. The number of rotatable bonds is 6. The predicted molar refractivity (Wildman–Crippen MR) is 97.6 cm³/mol. The van der Waals surface area contributed by atoms with Crippen molar-refractivity contribution in [1.82, 2.24) is 15.5 Å². The van der Waals surface area contributed by atoms with E-state index < -0.39 is 6.04 Å². The van der Waals surface area contributed by atoms with Crippen molar-refractivity contribution in [1.29, 1.82) is 0 Å². The Balaban J connectivity index is 1.76. The molecular formula is C19H20N4O3. The zero-order valence-electron chi connectivity index (χ0n) is 14.8. The van der Waals surface area contributed by atoms with Crippen LogP contribution in [0.3, 0.4) is 0 Å². The van der Waals surface area contributed by atoms with E-state index in [0.29, 0.717) is 23.0 Å². The lowest BCUT2D eigenvalue weighted by Crippen LogP contribution is -2.27. The van der Waals surface area contributed by atoms with E-state index in [1.165, 1.54) is 0 Å². The number of benzene rings is 2. The van der Waals surface area contributed by atoms with Gasteiger partial charge in [0.1, 0.15) is 11.8 Å². The van der Waals surface area contributed by atoms with Crippen molar-refractivity contribution in [2.45, 2.75) is 19.9 Å². The highest BCUT2D eigenvalue weighted by atomic mass is 16.5. The third-order valence-corrected chi connectivity index (χ3v) is 3.80. The first kappa shape index (κ1) is 17.5. The first-order valence-corrected chi connectivity index (χ1v) is 8.18. The number of anilines is 2. The van der Waals surface area contributed by atoms with Gasteiger partial charge < -0.3 is 19.9 Å². The van der Waals surface area contributed by atoms with E-state index in [9.17, 15) is 4.79 Å². The van der Waals surface area contributed by atoms with Gasteiger partial charge in [0.2, 0.25) is 5.89 Å². The lowest BCUT2D eigenvalue weighted by Gasteiger charge is -2.14. The molecule has 26 heavy (non-hydrogen) atoms. The number of para-hydroxylation sites is 1. The van der Waals surface area contributed by atoms with Crippen LogP contribution in [0.25, 0.3) is 0 Å². The molecule has 7 heteroatoms. The zero-order chi connectivity index (χ0) is 18.5. The van der Waals surface area contributed by atoms with Crippen molar-refractivity contribution in [3.63, 3.8) is 0 Å². The number of aryl methyl sites for hydroxylation is 1. The Bertz CT molecular complexity index is 890. The molecule has 1 aromatic heterocycles. The van der Waals surface area contributed by atoms with E-state index >= 15 is 0 Å². The first-order valence-electron chi connectivity index (χ1n) is 8.18. The van der Waals surface area contributed by atoms with Gasteiger partial charge in [0.25, 0.3) is 5.91 Å². The Labute approximate surface area is 151 Å². The number of hydrogen-bond donors (Lipinski definition) is 2. The summed E-state index contributed by atoms with van der Waals surface area (Å²) in [6, 6.07) is 14.4. The summed E-state index contributed by atoms with van der Waals surface area (Å²) >= 11 is 0. The van der Waals surface area contributed by atoms with Gasteiger partial charge >= 0.3 is 0 Å². The van der Waals surface area contributed by atoms with Gasteiger partial charge in [-0.15, -0.1) is 0 Å². The van der Waals surface area contributed by atoms with Gasteiger partial charge in [-0.25, -0.2) is 0 Å². The molecule has 0 saturated carbocycles. The van der Waals surface area contributed by atoms with Crippen molar-refractivity contribution in [3.8, 4) is 5.75 Å². The molecule has 134 valence electrons. The standard InChI is InChI=1S/C19H20N4O3/c1-12(19-21-13(2)23-26-19)20-18(24)16-6-4-5-7-17(16)22-14-8-10-15(25-3)11-9-14/h4-12,22H,1-3H3,(H,20,24)/t12-/m1/s1. The van der Waals surface area contributed by atoms with Gasteiger partial charge in [0.05, 0.1) is 18.4 Å². The number of aromatic nitrogens is 2. The highest BCUT2D eigenvalue weighted by molar-refractivity contribution is 6.00. The minimum absolute atomic E-state index is 0.232. The Hall–Kier alpha value is -3.35. The van der Waals surface area contributed by atoms with Gasteiger partial charge in [0.15, 0.2) is 5.82 Å². The molecule has 0 radical (unpaired) electrons. The molecule has 3 rings (SSSR count). The lowest BCUT2D eigenvalue weighted by molar-refractivity contribution is 0.0933. The Morgan fingerprint density at radius 2 is 1.88 bits per heavy atom. The molecule has 7 nitrogen and oxygen atoms in total. The van der Waals surface area contributed by atoms with Gasteiger partial charge in [-0.3, -0.25) is 4.79 Å². The van der Waals surface area contributed by atoms with Crippen LogP contribution in [0.4, 0.5) is 11.4 Å². The molecule has 0 aliphatic carbocycles. The summed E-state index contributed by atoms with van der Waals surface area (Å²) in [5, 5.41) is 9.87. The third-order valence-electron chi connectivity index (χ3n) is 3.80. The summed E-state index contributed by atoms with van der Waals surface area (Å²) in [6.45, 7) is 3.53. The molecule has 2 aromatic carbocycles. The number of carbonyl (C=O) groups is 1. The first-order chi connectivity index (χ1) is 12.6. The van der Waals surface area contributed by atoms with E-state index in [1.807, 2.05) is 42.5 Å². The van der Waals surface area contributed by atoms with Crippen molar-refractivity contribution in [2.75, 3.05) is 12.4 Å². The number of ether oxygens (including phenoxy) is 1. The van der Waals surface area contributed by atoms with Crippen LogP contribution in [-0.4, -0.2) is 23.2 Å². The maximum atomic E-state index is 12.7. The quantitative estimate of drug-likeness (QED) is 0.704. The predicted octanol–water partition coefficient (Wildman–Crippen LogP) is 3.62. The summed E-state index contributed by atoms with van der Waals surface area (Å²) < 4.78 is 10.3. The second-order valence-corrected chi connectivity index (χ2v) is 5.77. The maximum absolute atomic E-state index is 12.7. The molecule has 3 aromatic rings. The molecule has 0 fully saturated rings. The number of nitrogens with zero attached hydrogens (tertiary/aromatic N) is 2. The number of nitrogens with one attached hydrogen (secondary N) is 2. The summed E-state index contributed by atoms with van der Waals surface area (Å²) in [7, 11) is 1.62. The fourth-order valence-corrected chi connectivity index (χ4v) is 2.45. The number of amides is 1. The average Bonchev–Trinajstić information content (AvgIpc) is 3.09. The third kappa shape index (κ3) is 4.00. The smallest absolute Gasteiger partial charge is 0.254 e. The van der Waals surface area contributed by atoms with Crippen molar-refractivity contribution in [3.05, 3.63) is 65.8 Å². The van der Waals surface area contributed by atoms with Crippen molar-refractivity contribution < 1.29 is 14.1 Å². The number of carbonyl (C=O) groups excluding carboxylic acids is 1. The van der Waals surface area contributed by atoms with Gasteiger partial charge in [0, 0.05) is 5.69 Å². The van der Waals surface area contributed by atoms with E-state index in [1.54, 1.807) is 27.0 Å². The second-order valence-electron chi connectivity index (χ2n) is 5.77. The van der Waals surface area contributed by atoms with E-state index in [0.717, 1.165) is 11.4 Å². The monoisotopic (exact) mass is 352 g/mol. The largest absolute Gasteiger partial charge is 0.497 e. The zero-order valence-corrected chi connectivity index (χ0v) is 14.8. The summed E-state index contributed by atoms with van der Waals surface area (Å²) in [4.78, 5) is 16.8. The van der Waals surface area contributed by atoms with E-state index in [4.69, 9.17) is 9.26 Å². The second kappa shape index (κ2) is 7.69. The highest BCUT2D eigenvalue weighted by Gasteiger charge is 2.18. The van der Waals surface area contributed by atoms with Gasteiger partial charge in [-0.05, 0) is 50.2 Å². The molecule has 0 unspecified atom stereocenters. The average molecular weight is 352 g/mol. The van der Waals surface area contributed by atoms with E-state index in [-0.39, 0.29) is 5.91 Å². The van der Waals surface area contributed by atoms with Crippen LogP contribution in [0.2, 0.25) is 0 Å². The fourth-order valence-electron chi connectivity index (χ4n) is 2.45. The van der Waals surface area contributed by atoms with Crippen molar-refractivity contribution in [2.24, 2.45) is 0 Å². The van der Waals surface area contributed by atoms with Crippen LogP contribution in [0.5, 0.6) is 5.75 Å². The lowest BCUT2D eigenvalue weighted by atomic mass is 10.1. The van der Waals surface area contributed by atoms with Crippen LogP contribution < -0.4 is 15.4 Å². The summed E-state index contributed by atoms with van der Waals surface area (Å²) in [5.41, 5.74) is 2.07. The van der Waals surface area contributed by atoms with E-state index in [2.05, 4.69) is 20.8 Å².